The number of unbranched alkanes of at least 4 members (excludes halogenated alkanes) is 1. The zero-order valence-corrected chi connectivity index (χ0v) is 12.5. The molecule has 0 bridgehead atoms. The second-order valence-corrected chi connectivity index (χ2v) is 5.29. The molecule has 1 aromatic carbocycles. The molecule has 3 aromatic rings. The largest absolute Gasteiger partial charge is 0.330 e. The van der Waals surface area contributed by atoms with E-state index in [1.165, 1.54) is 0 Å². The molecule has 0 aliphatic rings. The van der Waals surface area contributed by atoms with Crippen LogP contribution in [-0.4, -0.2) is 19.1 Å². The number of aromatic nitrogens is 4. The summed E-state index contributed by atoms with van der Waals surface area (Å²) in [6.07, 6.45) is 3.46. The lowest BCUT2D eigenvalue weighted by atomic mass is 10.2. The SMILES string of the molecule is CCCCn1c(=O)[nH]c(=O)c2ncn(Cc3ccccc3)c21. The first-order chi connectivity index (χ1) is 10.7. The zero-order chi connectivity index (χ0) is 15.5. The molecule has 0 radical (unpaired) electrons. The highest BCUT2D eigenvalue weighted by Gasteiger charge is 2.13. The van der Waals surface area contributed by atoms with Crippen molar-refractivity contribution < 1.29 is 0 Å². The third-order valence-electron chi connectivity index (χ3n) is 3.68. The fraction of sp³-hybridized carbons (Fsp3) is 0.312. The molecule has 2 heterocycles. The molecule has 6 heteroatoms. The van der Waals surface area contributed by atoms with Crippen molar-refractivity contribution in [2.24, 2.45) is 0 Å². The molecule has 0 saturated carbocycles. The van der Waals surface area contributed by atoms with E-state index >= 15 is 0 Å². The maximum Gasteiger partial charge on any atom is 0.330 e. The second-order valence-electron chi connectivity index (χ2n) is 5.29. The van der Waals surface area contributed by atoms with Gasteiger partial charge >= 0.3 is 5.69 Å². The minimum atomic E-state index is -0.431. The Balaban J connectivity index is 2.15. The van der Waals surface area contributed by atoms with Crippen molar-refractivity contribution in [2.75, 3.05) is 0 Å². The second kappa shape index (κ2) is 6.01. The van der Waals surface area contributed by atoms with Gasteiger partial charge in [0.05, 0.1) is 12.9 Å². The fourth-order valence-corrected chi connectivity index (χ4v) is 2.56. The number of nitrogens with zero attached hydrogens (tertiary/aromatic N) is 3. The number of nitrogens with one attached hydrogen (secondary N) is 1. The summed E-state index contributed by atoms with van der Waals surface area (Å²) in [6, 6.07) is 9.90. The maximum atomic E-state index is 12.1. The van der Waals surface area contributed by atoms with Gasteiger partial charge in [0.15, 0.2) is 5.52 Å². The number of hydrogen-bond acceptors (Lipinski definition) is 3. The molecule has 0 unspecified atom stereocenters. The van der Waals surface area contributed by atoms with Crippen molar-refractivity contribution in [3.05, 3.63) is 63.1 Å². The summed E-state index contributed by atoms with van der Waals surface area (Å²) >= 11 is 0. The van der Waals surface area contributed by atoms with Gasteiger partial charge in [-0.2, -0.15) is 0 Å². The van der Waals surface area contributed by atoms with Crippen LogP contribution in [-0.2, 0) is 13.1 Å². The van der Waals surface area contributed by atoms with Crippen LogP contribution in [0, 0.1) is 0 Å². The number of benzene rings is 1. The molecule has 1 N–H and O–H groups in total. The summed E-state index contributed by atoms with van der Waals surface area (Å²) in [5, 5.41) is 0. The third kappa shape index (κ3) is 2.59. The summed E-state index contributed by atoms with van der Waals surface area (Å²) in [7, 11) is 0. The summed E-state index contributed by atoms with van der Waals surface area (Å²) < 4.78 is 3.47. The smallest absolute Gasteiger partial charge is 0.312 e. The van der Waals surface area contributed by atoms with Gasteiger partial charge in [0.2, 0.25) is 0 Å². The highest BCUT2D eigenvalue weighted by atomic mass is 16.2. The van der Waals surface area contributed by atoms with Crippen LogP contribution in [0.5, 0.6) is 0 Å². The first-order valence-corrected chi connectivity index (χ1v) is 7.42. The predicted octanol–water partition coefficient (Wildman–Crippen LogP) is 1.73. The lowest BCUT2D eigenvalue weighted by molar-refractivity contribution is 0.601. The minimum absolute atomic E-state index is 0.312. The highest BCUT2D eigenvalue weighted by Crippen LogP contribution is 2.11. The molecule has 0 aliphatic heterocycles. The van der Waals surface area contributed by atoms with Crippen molar-refractivity contribution in [3.63, 3.8) is 0 Å². The Bertz CT molecular complexity index is 890. The summed E-state index contributed by atoms with van der Waals surface area (Å²) in [4.78, 5) is 30.6. The molecule has 0 atom stereocenters. The van der Waals surface area contributed by atoms with E-state index in [4.69, 9.17) is 0 Å². The van der Waals surface area contributed by atoms with E-state index in [1.54, 1.807) is 10.9 Å². The normalized spacial score (nSPS) is 11.1. The number of hydrogen-bond donors (Lipinski definition) is 1. The summed E-state index contributed by atoms with van der Waals surface area (Å²) in [5.41, 5.74) is 1.19. The monoisotopic (exact) mass is 298 g/mol. The summed E-state index contributed by atoms with van der Waals surface area (Å²) in [6.45, 7) is 3.21. The molecular weight excluding hydrogens is 280 g/mol. The molecule has 0 saturated heterocycles. The van der Waals surface area contributed by atoms with E-state index in [9.17, 15) is 9.59 Å². The molecular formula is C16H18N4O2. The van der Waals surface area contributed by atoms with Crippen LogP contribution in [0.4, 0.5) is 0 Å². The number of fused-ring (bicyclic) bond motifs is 1. The number of aryl methyl sites for hydroxylation is 1. The average Bonchev–Trinajstić information content (AvgIpc) is 2.92. The Morgan fingerprint density at radius 2 is 1.95 bits per heavy atom. The van der Waals surface area contributed by atoms with Gasteiger partial charge in [0.1, 0.15) is 5.65 Å². The van der Waals surface area contributed by atoms with Gasteiger partial charge < -0.3 is 4.57 Å². The van der Waals surface area contributed by atoms with E-state index in [0.717, 1.165) is 18.4 Å². The van der Waals surface area contributed by atoms with Crippen LogP contribution in [0.2, 0.25) is 0 Å². The number of imidazole rings is 1. The number of rotatable bonds is 5. The Morgan fingerprint density at radius 1 is 1.18 bits per heavy atom. The van der Waals surface area contributed by atoms with Gasteiger partial charge in [-0.3, -0.25) is 14.3 Å². The highest BCUT2D eigenvalue weighted by molar-refractivity contribution is 5.69. The van der Waals surface area contributed by atoms with Crippen molar-refractivity contribution in [3.8, 4) is 0 Å². The van der Waals surface area contributed by atoms with Crippen LogP contribution >= 0.6 is 0 Å². The van der Waals surface area contributed by atoms with E-state index in [0.29, 0.717) is 24.3 Å². The van der Waals surface area contributed by atoms with Gasteiger partial charge in [-0.1, -0.05) is 43.7 Å². The zero-order valence-electron chi connectivity index (χ0n) is 12.5. The van der Waals surface area contributed by atoms with Crippen molar-refractivity contribution in [1.82, 2.24) is 19.1 Å². The Morgan fingerprint density at radius 3 is 2.68 bits per heavy atom. The van der Waals surface area contributed by atoms with E-state index in [2.05, 4.69) is 16.9 Å². The van der Waals surface area contributed by atoms with E-state index < -0.39 is 5.56 Å². The molecule has 6 nitrogen and oxygen atoms in total. The fourth-order valence-electron chi connectivity index (χ4n) is 2.56. The predicted molar refractivity (Wildman–Crippen MR) is 85.1 cm³/mol. The number of aromatic amines is 1. The van der Waals surface area contributed by atoms with Gasteiger partial charge in [-0.05, 0) is 12.0 Å². The molecule has 2 aromatic heterocycles. The van der Waals surface area contributed by atoms with Crippen LogP contribution in [0.25, 0.3) is 11.2 Å². The topological polar surface area (TPSA) is 72.7 Å². The standard InChI is InChI=1S/C16H18N4O2/c1-2-3-9-20-15-13(14(21)18-16(20)22)17-11-19(15)10-12-7-5-4-6-8-12/h4-8,11H,2-3,9-10H2,1H3,(H,18,21,22). The molecule has 22 heavy (non-hydrogen) atoms. The number of H-pyrrole nitrogens is 1. The third-order valence-corrected chi connectivity index (χ3v) is 3.68. The molecule has 0 amide bonds. The van der Waals surface area contributed by atoms with Crippen molar-refractivity contribution in [1.29, 1.82) is 0 Å². The Hall–Kier alpha value is -2.63. The van der Waals surface area contributed by atoms with Crippen LogP contribution in [0.3, 0.4) is 0 Å². The van der Waals surface area contributed by atoms with Gasteiger partial charge in [0.25, 0.3) is 5.56 Å². The Labute approximate surface area is 127 Å². The average molecular weight is 298 g/mol. The van der Waals surface area contributed by atoms with Crippen LogP contribution < -0.4 is 11.2 Å². The lowest BCUT2D eigenvalue weighted by Gasteiger charge is -2.10. The first-order valence-electron chi connectivity index (χ1n) is 7.42. The molecule has 0 fully saturated rings. The van der Waals surface area contributed by atoms with E-state index in [1.807, 2.05) is 34.9 Å². The summed E-state index contributed by atoms with van der Waals surface area (Å²) in [5.74, 6) is 0. The Kier molecular flexibility index (Phi) is 3.91. The van der Waals surface area contributed by atoms with Gasteiger partial charge in [-0.25, -0.2) is 9.78 Å². The maximum absolute atomic E-state index is 12.1. The molecule has 3 rings (SSSR count). The van der Waals surface area contributed by atoms with Gasteiger partial charge in [-0.15, -0.1) is 0 Å². The lowest BCUT2D eigenvalue weighted by Crippen LogP contribution is -2.31. The quantitative estimate of drug-likeness (QED) is 0.779. The van der Waals surface area contributed by atoms with Gasteiger partial charge in [0, 0.05) is 6.54 Å². The van der Waals surface area contributed by atoms with Crippen molar-refractivity contribution in [2.45, 2.75) is 32.9 Å². The molecule has 0 aliphatic carbocycles. The van der Waals surface area contributed by atoms with Crippen LogP contribution in [0.1, 0.15) is 25.3 Å². The van der Waals surface area contributed by atoms with Crippen molar-refractivity contribution >= 4 is 11.2 Å². The first kappa shape index (κ1) is 14.3. The molecule has 0 spiro atoms. The minimum Gasteiger partial charge on any atom is -0.312 e. The van der Waals surface area contributed by atoms with Crippen LogP contribution in [0.15, 0.2) is 46.2 Å². The molecule has 114 valence electrons. The van der Waals surface area contributed by atoms with E-state index in [-0.39, 0.29) is 5.69 Å².